The van der Waals surface area contributed by atoms with E-state index < -0.39 is 0 Å². The Kier molecular flexibility index (Phi) is 6.65. The number of carbonyl (C=O) groups excluding carboxylic acids is 1. The zero-order valence-electron chi connectivity index (χ0n) is 15.0. The molecule has 0 unspecified atom stereocenters. The molecule has 140 valence electrons. The number of thiophene rings is 1. The van der Waals surface area contributed by atoms with E-state index in [9.17, 15) is 4.79 Å². The highest BCUT2D eigenvalue weighted by Gasteiger charge is 2.18. The van der Waals surface area contributed by atoms with Gasteiger partial charge in [-0.05, 0) is 31.2 Å². The number of nitrogens with one attached hydrogen (secondary N) is 2. The molecule has 1 aliphatic rings. The number of carbonyl (C=O) groups is 1. The SMILES string of the molecule is CCNC(=NCc1coc(-c2cccs2)n1)NCCCN1CCCC1=O. The van der Waals surface area contributed by atoms with Crippen LogP contribution in [-0.4, -0.2) is 47.9 Å². The zero-order valence-corrected chi connectivity index (χ0v) is 15.8. The summed E-state index contributed by atoms with van der Waals surface area (Å²) in [6, 6.07) is 3.96. The number of likely N-dealkylation sites (tertiary alicyclic amines) is 1. The lowest BCUT2D eigenvalue weighted by Gasteiger charge is -2.16. The van der Waals surface area contributed by atoms with E-state index in [0.717, 1.165) is 55.6 Å². The highest BCUT2D eigenvalue weighted by molar-refractivity contribution is 7.13. The Balaban J connectivity index is 1.46. The molecule has 0 spiro atoms. The second-order valence-electron chi connectivity index (χ2n) is 6.08. The number of aromatic nitrogens is 1. The summed E-state index contributed by atoms with van der Waals surface area (Å²) in [5.74, 6) is 1.66. The summed E-state index contributed by atoms with van der Waals surface area (Å²) in [5.41, 5.74) is 0.799. The lowest BCUT2D eigenvalue weighted by atomic mass is 10.4. The van der Waals surface area contributed by atoms with E-state index in [-0.39, 0.29) is 5.91 Å². The third-order valence-electron chi connectivity index (χ3n) is 4.10. The number of hydrogen-bond donors (Lipinski definition) is 2. The molecule has 2 aromatic heterocycles. The van der Waals surface area contributed by atoms with Crippen molar-refractivity contribution in [2.75, 3.05) is 26.2 Å². The molecule has 0 atom stereocenters. The van der Waals surface area contributed by atoms with Crippen molar-refractivity contribution in [3.05, 3.63) is 29.5 Å². The van der Waals surface area contributed by atoms with Crippen molar-refractivity contribution in [2.45, 2.75) is 32.7 Å². The van der Waals surface area contributed by atoms with E-state index in [1.807, 2.05) is 29.3 Å². The van der Waals surface area contributed by atoms with Gasteiger partial charge in [-0.25, -0.2) is 9.98 Å². The van der Waals surface area contributed by atoms with E-state index in [1.54, 1.807) is 17.6 Å². The van der Waals surface area contributed by atoms with E-state index in [0.29, 0.717) is 18.9 Å². The monoisotopic (exact) mass is 375 g/mol. The zero-order chi connectivity index (χ0) is 18.2. The molecule has 2 N–H and O–H groups in total. The predicted molar refractivity (Wildman–Crippen MR) is 103 cm³/mol. The number of aliphatic imine (C=N–C) groups is 1. The highest BCUT2D eigenvalue weighted by Crippen LogP contribution is 2.23. The van der Waals surface area contributed by atoms with Gasteiger partial charge < -0.3 is 20.0 Å². The minimum atomic E-state index is 0.276. The lowest BCUT2D eigenvalue weighted by molar-refractivity contribution is -0.127. The van der Waals surface area contributed by atoms with Crippen LogP contribution >= 0.6 is 11.3 Å². The van der Waals surface area contributed by atoms with Crippen LogP contribution in [0.2, 0.25) is 0 Å². The first-order valence-electron chi connectivity index (χ1n) is 9.04. The first kappa shape index (κ1) is 18.4. The third-order valence-corrected chi connectivity index (χ3v) is 4.95. The number of amides is 1. The first-order chi connectivity index (χ1) is 12.8. The van der Waals surface area contributed by atoms with Crippen LogP contribution in [0, 0.1) is 0 Å². The summed E-state index contributed by atoms with van der Waals surface area (Å²) in [4.78, 5) is 23.6. The van der Waals surface area contributed by atoms with Crippen LogP contribution < -0.4 is 10.6 Å². The fraction of sp³-hybridized carbons (Fsp3) is 0.500. The maximum absolute atomic E-state index is 11.6. The normalized spacial score (nSPS) is 14.9. The smallest absolute Gasteiger partial charge is 0.236 e. The van der Waals surface area contributed by atoms with Crippen molar-refractivity contribution in [1.82, 2.24) is 20.5 Å². The van der Waals surface area contributed by atoms with Gasteiger partial charge in [-0.1, -0.05) is 6.07 Å². The number of oxazole rings is 1. The first-order valence-corrected chi connectivity index (χ1v) is 9.92. The van der Waals surface area contributed by atoms with Crippen LogP contribution in [-0.2, 0) is 11.3 Å². The van der Waals surface area contributed by atoms with Crippen molar-refractivity contribution < 1.29 is 9.21 Å². The Morgan fingerprint density at radius 1 is 1.46 bits per heavy atom. The van der Waals surface area contributed by atoms with Crippen molar-refractivity contribution in [3.63, 3.8) is 0 Å². The largest absolute Gasteiger partial charge is 0.443 e. The Labute approximate surface area is 157 Å². The quantitative estimate of drug-likeness (QED) is 0.421. The summed E-state index contributed by atoms with van der Waals surface area (Å²) in [7, 11) is 0. The molecule has 26 heavy (non-hydrogen) atoms. The maximum Gasteiger partial charge on any atom is 0.236 e. The Morgan fingerprint density at radius 2 is 2.38 bits per heavy atom. The lowest BCUT2D eigenvalue weighted by Crippen LogP contribution is -2.39. The van der Waals surface area contributed by atoms with Crippen LogP contribution in [0.25, 0.3) is 10.8 Å². The summed E-state index contributed by atoms with van der Waals surface area (Å²) in [6.07, 6.45) is 4.24. The number of guanidine groups is 1. The topological polar surface area (TPSA) is 82.8 Å². The van der Waals surface area contributed by atoms with Gasteiger partial charge in [0.2, 0.25) is 11.8 Å². The van der Waals surface area contributed by atoms with Crippen molar-refractivity contribution in [3.8, 4) is 10.8 Å². The molecule has 8 heteroatoms. The molecule has 0 saturated carbocycles. The number of rotatable bonds is 8. The summed E-state index contributed by atoms with van der Waals surface area (Å²) < 4.78 is 5.52. The second-order valence-corrected chi connectivity index (χ2v) is 7.03. The van der Waals surface area contributed by atoms with Gasteiger partial charge in [0.05, 0.1) is 11.4 Å². The highest BCUT2D eigenvalue weighted by atomic mass is 32.1. The van der Waals surface area contributed by atoms with Crippen LogP contribution in [0.5, 0.6) is 0 Å². The van der Waals surface area contributed by atoms with Gasteiger partial charge in [-0.15, -0.1) is 11.3 Å². The second kappa shape index (κ2) is 9.38. The number of hydrogen-bond acceptors (Lipinski definition) is 5. The summed E-state index contributed by atoms with van der Waals surface area (Å²) in [5, 5.41) is 8.54. The molecule has 1 aliphatic heterocycles. The average molecular weight is 375 g/mol. The Morgan fingerprint density at radius 3 is 3.12 bits per heavy atom. The fourth-order valence-corrected chi connectivity index (χ4v) is 3.47. The number of nitrogens with zero attached hydrogens (tertiary/aromatic N) is 3. The van der Waals surface area contributed by atoms with E-state index in [1.165, 1.54) is 0 Å². The van der Waals surface area contributed by atoms with E-state index in [4.69, 9.17) is 4.42 Å². The Bertz CT molecular complexity index is 726. The maximum atomic E-state index is 11.6. The molecule has 0 bridgehead atoms. The van der Waals surface area contributed by atoms with Gasteiger partial charge in [0.1, 0.15) is 12.0 Å². The summed E-state index contributed by atoms with van der Waals surface area (Å²) >= 11 is 1.60. The van der Waals surface area contributed by atoms with Gasteiger partial charge in [0.15, 0.2) is 5.96 Å². The third kappa shape index (κ3) is 5.08. The Hall–Kier alpha value is -2.35. The van der Waals surface area contributed by atoms with Gasteiger partial charge in [-0.2, -0.15) is 0 Å². The molecule has 7 nitrogen and oxygen atoms in total. The molecule has 2 aromatic rings. The van der Waals surface area contributed by atoms with Crippen LogP contribution in [0.4, 0.5) is 0 Å². The van der Waals surface area contributed by atoms with E-state index in [2.05, 4.69) is 20.6 Å². The summed E-state index contributed by atoms with van der Waals surface area (Å²) in [6.45, 7) is 5.74. The fourth-order valence-electron chi connectivity index (χ4n) is 2.81. The molecular formula is C18H25N5O2S. The van der Waals surface area contributed by atoms with Crippen LogP contribution in [0.15, 0.2) is 33.2 Å². The minimum Gasteiger partial charge on any atom is -0.443 e. The molecule has 0 radical (unpaired) electrons. The molecule has 0 aliphatic carbocycles. The van der Waals surface area contributed by atoms with Gasteiger partial charge in [-0.3, -0.25) is 4.79 Å². The van der Waals surface area contributed by atoms with Gasteiger partial charge >= 0.3 is 0 Å². The molecule has 3 heterocycles. The van der Waals surface area contributed by atoms with Gasteiger partial charge in [0.25, 0.3) is 0 Å². The standard InChI is InChI=1S/C18H25N5O2S/c1-2-19-18(20-8-5-10-23-9-3-7-16(23)24)21-12-14-13-25-17(22-14)15-6-4-11-26-15/h4,6,11,13H,2-3,5,7-10,12H2,1H3,(H2,19,20,21). The molecule has 1 amide bonds. The minimum absolute atomic E-state index is 0.276. The molecule has 3 rings (SSSR count). The van der Waals surface area contributed by atoms with Crippen molar-refractivity contribution >= 4 is 23.2 Å². The molecular weight excluding hydrogens is 350 g/mol. The molecule has 1 saturated heterocycles. The molecule has 0 aromatic carbocycles. The average Bonchev–Trinajstić information content (AvgIpc) is 3.38. The van der Waals surface area contributed by atoms with Crippen LogP contribution in [0.1, 0.15) is 31.9 Å². The van der Waals surface area contributed by atoms with Crippen molar-refractivity contribution in [2.24, 2.45) is 4.99 Å². The van der Waals surface area contributed by atoms with Crippen molar-refractivity contribution in [1.29, 1.82) is 0 Å². The van der Waals surface area contributed by atoms with Crippen LogP contribution in [0.3, 0.4) is 0 Å². The molecule has 1 fully saturated rings. The van der Waals surface area contributed by atoms with Gasteiger partial charge in [0, 0.05) is 32.6 Å². The predicted octanol–water partition coefficient (Wildman–Crippen LogP) is 2.47. The van der Waals surface area contributed by atoms with E-state index >= 15 is 0 Å².